The molecule has 110 valence electrons. The van der Waals surface area contributed by atoms with E-state index >= 15 is 0 Å². The average molecular weight is 304 g/mol. The largest absolute Gasteiger partial charge is 0.476 e. The first-order valence-electron chi connectivity index (χ1n) is 6.52. The number of thiazole rings is 1. The molecule has 0 spiro atoms. The van der Waals surface area contributed by atoms with Gasteiger partial charge in [-0.2, -0.15) is 0 Å². The first-order chi connectivity index (χ1) is 9.99. The van der Waals surface area contributed by atoms with Gasteiger partial charge in [-0.25, -0.2) is 9.78 Å². The van der Waals surface area contributed by atoms with Crippen molar-refractivity contribution in [2.75, 3.05) is 0 Å². The molecule has 2 rings (SSSR count). The van der Waals surface area contributed by atoms with Crippen LogP contribution < -0.4 is 0 Å². The van der Waals surface area contributed by atoms with Crippen LogP contribution in [0.4, 0.5) is 0 Å². The van der Waals surface area contributed by atoms with E-state index in [0.29, 0.717) is 6.54 Å². The molecule has 0 aliphatic rings. The monoisotopic (exact) mass is 304 g/mol. The molecule has 0 fully saturated rings. The zero-order chi connectivity index (χ0) is 15.4. The standard InChI is InChI=1S/C15H16N2O3S/c1-10(2)17(8-11-6-4-3-5-7-11)14(18)13-16-12(9-21-13)15(19)20/h3-7,9-10H,8H2,1-2H3,(H,19,20). The van der Waals surface area contributed by atoms with Gasteiger partial charge in [-0.3, -0.25) is 4.79 Å². The summed E-state index contributed by atoms with van der Waals surface area (Å²) in [5, 5.41) is 10.5. The number of aromatic nitrogens is 1. The number of carbonyl (C=O) groups excluding carboxylic acids is 1. The third kappa shape index (κ3) is 3.66. The van der Waals surface area contributed by atoms with Crippen molar-refractivity contribution in [2.24, 2.45) is 0 Å². The predicted octanol–water partition coefficient (Wildman–Crippen LogP) is 2.89. The number of hydrogen-bond acceptors (Lipinski definition) is 4. The number of rotatable bonds is 5. The molecule has 0 saturated carbocycles. The quantitative estimate of drug-likeness (QED) is 0.922. The van der Waals surface area contributed by atoms with Crippen LogP contribution in [0.15, 0.2) is 35.7 Å². The summed E-state index contributed by atoms with van der Waals surface area (Å²) in [5.41, 5.74) is 0.932. The molecule has 0 radical (unpaired) electrons. The lowest BCUT2D eigenvalue weighted by atomic mass is 10.2. The van der Waals surface area contributed by atoms with Crippen LogP contribution >= 0.6 is 11.3 Å². The molecule has 0 unspecified atom stereocenters. The third-order valence-corrected chi connectivity index (χ3v) is 3.82. The van der Waals surface area contributed by atoms with Gasteiger partial charge in [0.2, 0.25) is 0 Å². The van der Waals surface area contributed by atoms with Crippen molar-refractivity contribution in [2.45, 2.75) is 26.4 Å². The Morgan fingerprint density at radius 1 is 1.29 bits per heavy atom. The Bertz CT molecular complexity index is 637. The Morgan fingerprint density at radius 3 is 2.48 bits per heavy atom. The van der Waals surface area contributed by atoms with Crippen LogP contribution in [0.2, 0.25) is 0 Å². The number of carboxylic acids is 1. The summed E-state index contributed by atoms with van der Waals surface area (Å²) in [4.78, 5) is 28.9. The third-order valence-electron chi connectivity index (χ3n) is 2.99. The van der Waals surface area contributed by atoms with E-state index in [1.807, 2.05) is 44.2 Å². The Labute approximate surface area is 126 Å². The average Bonchev–Trinajstić information content (AvgIpc) is 2.95. The van der Waals surface area contributed by atoms with E-state index in [2.05, 4.69) is 4.98 Å². The number of benzene rings is 1. The maximum absolute atomic E-state index is 12.5. The van der Waals surface area contributed by atoms with Gasteiger partial charge in [0.15, 0.2) is 10.7 Å². The van der Waals surface area contributed by atoms with Gasteiger partial charge in [-0.15, -0.1) is 11.3 Å². The summed E-state index contributed by atoms with van der Waals surface area (Å²) in [7, 11) is 0. The summed E-state index contributed by atoms with van der Waals surface area (Å²) in [6.07, 6.45) is 0. The van der Waals surface area contributed by atoms with Gasteiger partial charge < -0.3 is 10.0 Å². The fraction of sp³-hybridized carbons (Fsp3) is 0.267. The molecule has 5 nitrogen and oxygen atoms in total. The van der Waals surface area contributed by atoms with Gasteiger partial charge in [0.05, 0.1) is 0 Å². The molecule has 1 aromatic carbocycles. The molecule has 1 N–H and O–H groups in total. The fourth-order valence-electron chi connectivity index (χ4n) is 1.86. The van der Waals surface area contributed by atoms with Crippen LogP contribution in [0.3, 0.4) is 0 Å². The zero-order valence-electron chi connectivity index (χ0n) is 11.8. The summed E-state index contributed by atoms with van der Waals surface area (Å²) >= 11 is 1.06. The Hall–Kier alpha value is -2.21. The van der Waals surface area contributed by atoms with Crippen LogP contribution in [0.25, 0.3) is 0 Å². The predicted molar refractivity (Wildman–Crippen MR) is 80.5 cm³/mol. The first-order valence-corrected chi connectivity index (χ1v) is 7.40. The van der Waals surface area contributed by atoms with Gasteiger partial charge in [-0.05, 0) is 19.4 Å². The lowest BCUT2D eigenvalue weighted by molar-refractivity contribution is 0.0686. The molecule has 0 atom stereocenters. The summed E-state index contributed by atoms with van der Waals surface area (Å²) in [6, 6.07) is 9.66. The topological polar surface area (TPSA) is 70.5 Å². The van der Waals surface area contributed by atoms with Crippen molar-refractivity contribution in [1.82, 2.24) is 9.88 Å². The molecule has 0 bridgehead atoms. The summed E-state index contributed by atoms with van der Waals surface area (Å²) < 4.78 is 0. The first kappa shape index (κ1) is 15.2. The van der Waals surface area contributed by atoms with Crippen molar-refractivity contribution >= 4 is 23.2 Å². The van der Waals surface area contributed by atoms with E-state index in [1.165, 1.54) is 5.38 Å². The van der Waals surface area contributed by atoms with Crippen molar-refractivity contribution in [3.8, 4) is 0 Å². The van der Waals surface area contributed by atoms with Crippen molar-refractivity contribution in [3.05, 3.63) is 52.0 Å². The van der Waals surface area contributed by atoms with Gasteiger partial charge >= 0.3 is 5.97 Å². The molecule has 21 heavy (non-hydrogen) atoms. The maximum atomic E-state index is 12.5. The number of nitrogens with zero attached hydrogens (tertiary/aromatic N) is 2. The molecular formula is C15H16N2O3S. The second-order valence-electron chi connectivity index (χ2n) is 4.86. The Morgan fingerprint density at radius 2 is 1.95 bits per heavy atom. The fourth-order valence-corrected chi connectivity index (χ4v) is 2.61. The minimum absolute atomic E-state index is 0.00474. The number of hydrogen-bond donors (Lipinski definition) is 1. The molecule has 1 heterocycles. The second kappa shape index (κ2) is 6.49. The maximum Gasteiger partial charge on any atom is 0.355 e. The van der Waals surface area contributed by atoms with Crippen LogP contribution in [0.1, 0.15) is 39.7 Å². The molecule has 1 aromatic heterocycles. The van der Waals surface area contributed by atoms with Crippen LogP contribution in [0.5, 0.6) is 0 Å². The number of carboxylic acid groups (broad SMARTS) is 1. The van der Waals surface area contributed by atoms with Gasteiger partial charge in [-0.1, -0.05) is 30.3 Å². The SMILES string of the molecule is CC(C)N(Cc1ccccc1)C(=O)c1nc(C(=O)O)cs1. The van der Waals surface area contributed by atoms with E-state index in [0.717, 1.165) is 16.9 Å². The van der Waals surface area contributed by atoms with Crippen molar-refractivity contribution in [1.29, 1.82) is 0 Å². The van der Waals surface area contributed by atoms with Crippen LogP contribution in [0, 0.1) is 0 Å². The van der Waals surface area contributed by atoms with E-state index in [-0.39, 0.29) is 22.7 Å². The molecule has 2 aromatic rings. The lowest BCUT2D eigenvalue weighted by Gasteiger charge is -2.26. The van der Waals surface area contributed by atoms with Crippen molar-refractivity contribution < 1.29 is 14.7 Å². The van der Waals surface area contributed by atoms with Gasteiger partial charge in [0.1, 0.15) is 0 Å². The Balaban J connectivity index is 2.21. The molecule has 6 heteroatoms. The highest BCUT2D eigenvalue weighted by atomic mass is 32.1. The van der Waals surface area contributed by atoms with E-state index in [9.17, 15) is 9.59 Å². The minimum atomic E-state index is -1.12. The van der Waals surface area contributed by atoms with Crippen LogP contribution in [-0.4, -0.2) is 32.9 Å². The zero-order valence-corrected chi connectivity index (χ0v) is 12.6. The Kier molecular flexibility index (Phi) is 4.70. The normalized spacial score (nSPS) is 10.6. The summed E-state index contributed by atoms with van der Waals surface area (Å²) in [5.74, 6) is -1.36. The highest BCUT2D eigenvalue weighted by Gasteiger charge is 2.23. The molecule has 0 aliphatic carbocycles. The van der Waals surface area contributed by atoms with Gasteiger partial charge in [0, 0.05) is 18.0 Å². The van der Waals surface area contributed by atoms with E-state index < -0.39 is 5.97 Å². The number of amides is 1. The lowest BCUT2D eigenvalue weighted by Crippen LogP contribution is -2.36. The minimum Gasteiger partial charge on any atom is -0.476 e. The highest BCUT2D eigenvalue weighted by Crippen LogP contribution is 2.17. The van der Waals surface area contributed by atoms with E-state index in [4.69, 9.17) is 5.11 Å². The number of carbonyl (C=O) groups is 2. The molecular weight excluding hydrogens is 288 g/mol. The molecule has 1 amide bonds. The number of aromatic carboxylic acids is 1. The van der Waals surface area contributed by atoms with Crippen molar-refractivity contribution in [3.63, 3.8) is 0 Å². The highest BCUT2D eigenvalue weighted by molar-refractivity contribution is 7.11. The smallest absolute Gasteiger partial charge is 0.355 e. The molecule has 0 aliphatic heterocycles. The van der Waals surface area contributed by atoms with Gasteiger partial charge in [0.25, 0.3) is 5.91 Å². The second-order valence-corrected chi connectivity index (χ2v) is 5.71. The van der Waals surface area contributed by atoms with Crippen LogP contribution in [-0.2, 0) is 6.54 Å². The molecule has 0 saturated heterocycles. The van der Waals surface area contributed by atoms with E-state index in [1.54, 1.807) is 4.90 Å². The summed E-state index contributed by atoms with van der Waals surface area (Å²) in [6.45, 7) is 4.32.